The van der Waals surface area contributed by atoms with Crippen molar-refractivity contribution in [3.05, 3.63) is 17.5 Å². The molecule has 0 aromatic carbocycles. The average molecular weight is 251 g/mol. The smallest absolute Gasteiger partial charge is 0.254 e. The number of nitrogens with one attached hydrogen (secondary N) is 1. The zero-order valence-corrected chi connectivity index (χ0v) is 11.1. The Hall–Kier alpha value is -1.36. The Kier molecular flexibility index (Phi) is 3.71. The first-order valence-corrected chi connectivity index (χ1v) is 6.57. The highest BCUT2D eigenvalue weighted by atomic mass is 16.3. The van der Waals surface area contributed by atoms with Crippen molar-refractivity contribution in [1.82, 2.24) is 15.1 Å². The van der Waals surface area contributed by atoms with Gasteiger partial charge in [-0.1, -0.05) is 19.8 Å². The van der Waals surface area contributed by atoms with Crippen molar-refractivity contribution in [1.29, 1.82) is 0 Å². The van der Waals surface area contributed by atoms with Gasteiger partial charge < -0.3 is 10.4 Å². The Morgan fingerprint density at radius 3 is 2.83 bits per heavy atom. The minimum atomic E-state index is -0.704. The van der Waals surface area contributed by atoms with Crippen LogP contribution in [0.3, 0.4) is 0 Å². The molecule has 1 heterocycles. The number of hydrogen-bond donors (Lipinski definition) is 2. The minimum absolute atomic E-state index is 0.139. The van der Waals surface area contributed by atoms with E-state index in [0.717, 1.165) is 37.8 Å². The molecule has 5 heteroatoms. The van der Waals surface area contributed by atoms with Crippen LogP contribution in [0.15, 0.2) is 6.20 Å². The molecule has 5 nitrogen and oxygen atoms in total. The second kappa shape index (κ2) is 5.10. The maximum absolute atomic E-state index is 12.1. The molecular weight excluding hydrogens is 230 g/mol. The van der Waals surface area contributed by atoms with Gasteiger partial charge in [0.1, 0.15) is 0 Å². The molecular formula is C13H21N3O2. The second-order valence-corrected chi connectivity index (χ2v) is 5.13. The standard InChI is InChI=1S/C13H21N3O2/c1-3-11-10(8-16(2)15-11)12(17)14-9-13(18)6-4-5-7-13/h8,18H,3-7,9H2,1-2H3,(H,14,17). The highest BCUT2D eigenvalue weighted by molar-refractivity contribution is 5.95. The van der Waals surface area contributed by atoms with Crippen LogP contribution in [0, 0.1) is 0 Å². The van der Waals surface area contributed by atoms with Crippen LogP contribution in [0.5, 0.6) is 0 Å². The molecule has 1 aliphatic carbocycles. The normalized spacial score (nSPS) is 17.9. The molecule has 0 saturated heterocycles. The van der Waals surface area contributed by atoms with Crippen molar-refractivity contribution in [3.8, 4) is 0 Å². The van der Waals surface area contributed by atoms with Gasteiger partial charge in [-0.25, -0.2) is 0 Å². The number of amides is 1. The summed E-state index contributed by atoms with van der Waals surface area (Å²) >= 11 is 0. The number of hydrogen-bond acceptors (Lipinski definition) is 3. The van der Waals surface area contributed by atoms with E-state index >= 15 is 0 Å². The zero-order chi connectivity index (χ0) is 13.2. The van der Waals surface area contributed by atoms with Gasteiger partial charge in [-0.05, 0) is 19.3 Å². The van der Waals surface area contributed by atoms with Crippen LogP contribution in [0.4, 0.5) is 0 Å². The highest BCUT2D eigenvalue weighted by Gasteiger charge is 2.31. The van der Waals surface area contributed by atoms with E-state index in [9.17, 15) is 9.90 Å². The molecule has 2 rings (SSSR count). The summed E-state index contributed by atoms with van der Waals surface area (Å²) < 4.78 is 1.65. The molecule has 1 aliphatic rings. The fraction of sp³-hybridized carbons (Fsp3) is 0.692. The molecule has 0 bridgehead atoms. The van der Waals surface area contributed by atoms with E-state index in [0.29, 0.717) is 12.1 Å². The Labute approximate surface area is 107 Å². The Balaban J connectivity index is 1.99. The van der Waals surface area contributed by atoms with Gasteiger partial charge in [0.05, 0.1) is 16.9 Å². The van der Waals surface area contributed by atoms with Gasteiger partial charge in [0.15, 0.2) is 0 Å². The van der Waals surface area contributed by atoms with E-state index in [2.05, 4.69) is 10.4 Å². The molecule has 100 valence electrons. The van der Waals surface area contributed by atoms with Gasteiger partial charge in [0.25, 0.3) is 5.91 Å². The summed E-state index contributed by atoms with van der Waals surface area (Å²) in [7, 11) is 1.81. The molecule has 1 amide bonds. The summed E-state index contributed by atoms with van der Waals surface area (Å²) in [4.78, 5) is 12.1. The lowest BCUT2D eigenvalue weighted by Crippen LogP contribution is -2.40. The fourth-order valence-corrected chi connectivity index (χ4v) is 2.54. The van der Waals surface area contributed by atoms with Crippen LogP contribution in [0.25, 0.3) is 0 Å². The minimum Gasteiger partial charge on any atom is -0.388 e. The first kappa shape index (κ1) is 13.1. The van der Waals surface area contributed by atoms with Crippen LogP contribution < -0.4 is 5.32 Å². The zero-order valence-electron chi connectivity index (χ0n) is 11.1. The topological polar surface area (TPSA) is 67.2 Å². The lowest BCUT2D eigenvalue weighted by Gasteiger charge is -2.22. The second-order valence-electron chi connectivity index (χ2n) is 5.13. The van der Waals surface area contributed by atoms with Gasteiger partial charge in [-0.2, -0.15) is 5.10 Å². The average Bonchev–Trinajstić information content (AvgIpc) is 2.93. The van der Waals surface area contributed by atoms with E-state index in [4.69, 9.17) is 0 Å². The predicted molar refractivity (Wildman–Crippen MR) is 68.3 cm³/mol. The largest absolute Gasteiger partial charge is 0.388 e. The third kappa shape index (κ3) is 2.72. The first-order chi connectivity index (χ1) is 8.54. The molecule has 0 spiro atoms. The summed E-state index contributed by atoms with van der Waals surface area (Å²) in [6.07, 6.45) is 6.10. The summed E-state index contributed by atoms with van der Waals surface area (Å²) in [6.45, 7) is 2.31. The molecule has 1 saturated carbocycles. The summed E-state index contributed by atoms with van der Waals surface area (Å²) in [5.74, 6) is -0.139. The molecule has 0 radical (unpaired) electrons. The summed E-state index contributed by atoms with van der Waals surface area (Å²) in [5.41, 5.74) is 0.708. The summed E-state index contributed by atoms with van der Waals surface area (Å²) in [5, 5.41) is 17.3. The van der Waals surface area contributed by atoms with Crippen LogP contribution in [-0.2, 0) is 13.5 Å². The number of rotatable bonds is 4. The Morgan fingerprint density at radius 1 is 1.56 bits per heavy atom. The number of aromatic nitrogens is 2. The maximum atomic E-state index is 12.1. The SMILES string of the molecule is CCc1nn(C)cc1C(=O)NCC1(O)CCCC1. The van der Waals surface area contributed by atoms with E-state index < -0.39 is 5.60 Å². The molecule has 1 aromatic heterocycles. The Bertz CT molecular complexity index is 433. The number of aryl methyl sites for hydroxylation is 2. The molecule has 2 N–H and O–H groups in total. The number of carbonyl (C=O) groups excluding carboxylic acids is 1. The highest BCUT2D eigenvalue weighted by Crippen LogP contribution is 2.28. The van der Waals surface area contributed by atoms with E-state index in [-0.39, 0.29) is 5.91 Å². The van der Waals surface area contributed by atoms with Gasteiger partial charge in [-0.3, -0.25) is 9.48 Å². The monoisotopic (exact) mass is 251 g/mol. The number of nitrogens with zero attached hydrogens (tertiary/aromatic N) is 2. The Morgan fingerprint density at radius 2 is 2.22 bits per heavy atom. The number of aliphatic hydroxyl groups is 1. The van der Waals surface area contributed by atoms with Crippen LogP contribution in [-0.4, -0.2) is 32.9 Å². The lowest BCUT2D eigenvalue weighted by atomic mass is 10.0. The molecule has 0 aliphatic heterocycles. The molecule has 0 unspecified atom stereocenters. The van der Waals surface area contributed by atoms with Crippen molar-refractivity contribution >= 4 is 5.91 Å². The fourth-order valence-electron chi connectivity index (χ4n) is 2.54. The third-order valence-electron chi connectivity index (χ3n) is 3.60. The van der Waals surface area contributed by atoms with Gasteiger partial charge in [-0.15, -0.1) is 0 Å². The van der Waals surface area contributed by atoms with Crippen molar-refractivity contribution < 1.29 is 9.90 Å². The van der Waals surface area contributed by atoms with Crippen molar-refractivity contribution in [3.63, 3.8) is 0 Å². The maximum Gasteiger partial charge on any atom is 0.254 e. The van der Waals surface area contributed by atoms with Crippen LogP contribution in [0.2, 0.25) is 0 Å². The van der Waals surface area contributed by atoms with Crippen molar-refractivity contribution in [2.45, 2.75) is 44.6 Å². The molecule has 18 heavy (non-hydrogen) atoms. The first-order valence-electron chi connectivity index (χ1n) is 6.57. The number of carbonyl (C=O) groups is 1. The third-order valence-corrected chi connectivity index (χ3v) is 3.60. The van der Waals surface area contributed by atoms with Gasteiger partial charge in [0.2, 0.25) is 0 Å². The van der Waals surface area contributed by atoms with Crippen LogP contribution >= 0.6 is 0 Å². The van der Waals surface area contributed by atoms with Crippen molar-refractivity contribution in [2.24, 2.45) is 7.05 Å². The van der Waals surface area contributed by atoms with E-state index in [1.807, 2.05) is 6.92 Å². The van der Waals surface area contributed by atoms with Crippen LogP contribution in [0.1, 0.15) is 48.7 Å². The van der Waals surface area contributed by atoms with E-state index in [1.165, 1.54) is 0 Å². The molecule has 1 fully saturated rings. The molecule has 0 atom stereocenters. The lowest BCUT2D eigenvalue weighted by molar-refractivity contribution is 0.0449. The summed E-state index contributed by atoms with van der Waals surface area (Å²) in [6, 6.07) is 0. The van der Waals surface area contributed by atoms with E-state index in [1.54, 1.807) is 17.9 Å². The quantitative estimate of drug-likeness (QED) is 0.839. The van der Waals surface area contributed by atoms with Crippen molar-refractivity contribution in [2.75, 3.05) is 6.54 Å². The predicted octanol–water partition coefficient (Wildman–Crippen LogP) is 1.02. The van der Waals surface area contributed by atoms with Gasteiger partial charge >= 0.3 is 0 Å². The molecule has 1 aromatic rings. The van der Waals surface area contributed by atoms with Gasteiger partial charge in [0, 0.05) is 19.8 Å².